The fourth-order valence-corrected chi connectivity index (χ4v) is 2.63. The summed E-state index contributed by atoms with van der Waals surface area (Å²) in [4.78, 5) is 2.49. The molecule has 0 aliphatic carbocycles. The largest absolute Gasteiger partial charge is 0.327 e. The molecule has 96 valence electrons. The van der Waals surface area contributed by atoms with E-state index in [9.17, 15) is 0 Å². The van der Waals surface area contributed by atoms with E-state index in [2.05, 4.69) is 41.5 Å². The molecule has 2 heterocycles. The molecule has 0 radical (unpaired) electrons. The number of piperidine rings is 1. The average molecular weight is 236 g/mol. The van der Waals surface area contributed by atoms with Crippen LogP contribution >= 0.6 is 0 Å². The van der Waals surface area contributed by atoms with Crippen LogP contribution in [0.5, 0.6) is 0 Å². The molecule has 4 nitrogen and oxygen atoms in total. The first-order valence-electron chi connectivity index (χ1n) is 6.51. The predicted octanol–water partition coefficient (Wildman–Crippen LogP) is 1.46. The van der Waals surface area contributed by atoms with Crippen molar-refractivity contribution in [1.82, 2.24) is 14.7 Å². The first-order valence-corrected chi connectivity index (χ1v) is 6.51. The van der Waals surface area contributed by atoms with E-state index in [-0.39, 0.29) is 5.41 Å². The highest BCUT2D eigenvalue weighted by atomic mass is 15.3. The minimum Gasteiger partial charge on any atom is -0.327 e. The molecule has 1 aliphatic heterocycles. The van der Waals surface area contributed by atoms with Crippen LogP contribution in [0.1, 0.15) is 32.9 Å². The van der Waals surface area contributed by atoms with Crippen LogP contribution in [0, 0.1) is 5.41 Å². The summed E-state index contributed by atoms with van der Waals surface area (Å²) < 4.78 is 2.07. The first kappa shape index (κ1) is 12.6. The molecule has 1 aromatic heterocycles. The predicted molar refractivity (Wildman–Crippen MR) is 69.6 cm³/mol. The Kier molecular flexibility index (Phi) is 3.54. The average Bonchev–Trinajstić information content (AvgIpc) is 2.70. The van der Waals surface area contributed by atoms with Crippen LogP contribution in [-0.4, -0.2) is 33.8 Å². The third-order valence-corrected chi connectivity index (χ3v) is 3.88. The Bertz CT molecular complexity index is 369. The number of hydrogen-bond donors (Lipinski definition) is 1. The highest BCUT2D eigenvalue weighted by molar-refractivity contribution is 5.02. The molecule has 2 N–H and O–H groups in total. The van der Waals surface area contributed by atoms with Gasteiger partial charge in [-0.3, -0.25) is 9.58 Å². The summed E-state index contributed by atoms with van der Waals surface area (Å²) in [6.07, 6.45) is 2.98. The van der Waals surface area contributed by atoms with Crippen LogP contribution in [0.3, 0.4) is 0 Å². The smallest absolute Gasteiger partial charge is 0.0524 e. The minimum atomic E-state index is 0.218. The number of aromatic nitrogens is 2. The summed E-state index contributed by atoms with van der Waals surface area (Å²) in [5.74, 6) is 0. The van der Waals surface area contributed by atoms with E-state index >= 15 is 0 Å². The van der Waals surface area contributed by atoms with Crippen molar-refractivity contribution in [3.05, 3.63) is 18.0 Å². The van der Waals surface area contributed by atoms with Gasteiger partial charge in [-0.25, -0.2) is 0 Å². The van der Waals surface area contributed by atoms with Crippen molar-refractivity contribution >= 4 is 0 Å². The Morgan fingerprint density at radius 3 is 2.94 bits per heavy atom. The number of likely N-dealkylation sites (tertiary alicyclic amines) is 1. The Balaban J connectivity index is 2.01. The lowest BCUT2D eigenvalue weighted by atomic mass is 9.80. The summed E-state index contributed by atoms with van der Waals surface area (Å²) in [6, 6.07) is 2.44. The molecule has 1 aromatic rings. The Morgan fingerprint density at radius 1 is 1.53 bits per heavy atom. The van der Waals surface area contributed by atoms with Crippen molar-refractivity contribution in [3.8, 4) is 0 Å². The maximum absolute atomic E-state index is 6.16. The van der Waals surface area contributed by atoms with Gasteiger partial charge in [0, 0.05) is 38.4 Å². The van der Waals surface area contributed by atoms with Gasteiger partial charge >= 0.3 is 0 Å². The van der Waals surface area contributed by atoms with E-state index in [4.69, 9.17) is 5.73 Å². The van der Waals surface area contributed by atoms with Gasteiger partial charge in [0.2, 0.25) is 0 Å². The van der Waals surface area contributed by atoms with Crippen LogP contribution in [0.25, 0.3) is 0 Å². The van der Waals surface area contributed by atoms with Gasteiger partial charge in [-0.1, -0.05) is 13.8 Å². The third-order valence-electron chi connectivity index (χ3n) is 3.88. The van der Waals surface area contributed by atoms with E-state index in [1.165, 1.54) is 5.69 Å². The van der Waals surface area contributed by atoms with Crippen molar-refractivity contribution < 1.29 is 0 Å². The number of rotatable bonds is 3. The maximum Gasteiger partial charge on any atom is 0.0524 e. The van der Waals surface area contributed by atoms with Crippen LogP contribution in [0.2, 0.25) is 0 Å². The molecule has 2 rings (SSSR count). The molecule has 0 amide bonds. The van der Waals surface area contributed by atoms with Gasteiger partial charge < -0.3 is 5.73 Å². The monoisotopic (exact) mass is 236 g/mol. The Hall–Kier alpha value is -0.870. The van der Waals surface area contributed by atoms with Crippen molar-refractivity contribution in [1.29, 1.82) is 0 Å². The molecule has 1 saturated heterocycles. The van der Waals surface area contributed by atoms with Gasteiger partial charge in [-0.15, -0.1) is 0 Å². The molecule has 0 aromatic carbocycles. The summed E-state index contributed by atoms with van der Waals surface area (Å²) in [7, 11) is 0. The van der Waals surface area contributed by atoms with Crippen LogP contribution in [-0.2, 0) is 13.1 Å². The molecular weight excluding hydrogens is 212 g/mol. The molecule has 0 saturated carbocycles. The molecule has 1 atom stereocenters. The zero-order chi connectivity index (χ0) is 12.5. The summed E-state index contributed by atoms with van der Waals surface area (Å²) >= 11 is 0. The summed E-state index contributed by atoms with van der Waals surface area (Å²) in [5.41, 5.74) is 7.68. The maximum atomic E-state index is 6.16. The first-order chi connectivity index (χ1) is 8.03. The Labute approximate surface area is 104 Å². The number of hydrogen-bond acceptors (Lipinski definition) is 3. The van der Waals surface area contributed by atoms with Gasteiger partial charge in [0.15, 0.2) is 0 Å². The van der Waals surface area contributed by atoms with E-state index in [1.54, 1.807) is 0 Å². The van der Waals surface area contributed by atoms with Crippen molar-refractivity contribution in [2.45, 2.75) is 46.3 Å². The highest BCUT2D eigenvalue weighted by Gasteiger charge is 2.33. The molecule has 0 bridgehead atoms. The lowest BCUT2D eigenvalue weighted by molar-refractivity contribution is 0.0877. The third kappa shape index (κ3) is 2.69. The molecule has 4 heteroatoms. The van der Waals surface area contributed by atoms with Crippen molar-refractivity contribution in [2.24, 2.45) is 11.1 Å². The number of nitrogens with zero attached hydrogens (tertiary/aromatic N) is 3. The standard InChI is InChI=1S/C13H24N4/c1-4-17-11(5-7-15-17)9-16-8-6-12(14)13(2,3)10-16/h5,7,12H,4,6,8-10,14H2,1-3H3. The van der Waals surface area contributed by atoms with E-state index in [1.807, 2.05) is 6.20 Å². The molecule has 1 fully saturated rings. The molecule has 1 aliphatic rings. The van der Waals surface area contributed by atoms with Gasteiger partial charge in [0.1, 0.15) is 0 Å². The fraction of sp³-hybridized carbons (Fsp3) is 0.769. The van der Waals surface area contributed by atoms with Gasteiger partial charge in [0.05, 0.1) is 5.69 Å². The number of nitrogens with two attached hydrogens (primary N) is 1. The van der Waals surface area contributed by atoms with E-state index < -0.39 is 0 Å². The number of aryl methyl sites for hydroxylation is 1. The van der Waals surface area contributed by atoms with E-state index in [0.717, 1.165) is 32.6 Å². The normalized spacial score (nSPS) is 25.1. The Morgan fingerprint density at radius 2 is 2.29 bits per heavy atom. The lowest BCUT2D eigenvalue weighted by Gasteiger charge is -2.42. The zero-order valence-corrected chi connectivity index (χ0v) is 11.2. The minimum absolute atomic E-state index is 0.218. The molecule has 1 unspecified atom stereocenters. The van der Waals surface area contributed by atoms with Crippen LogP contribution in [0.15, 0.2) is 12.3 Å². The lowest BCUT2D eigenvalue weighted by Crippen LogP contribution is -2.52. The quantitative estimate of drug-likeness (QED) is 0.864. The van der Waals surface area contributed by atoms with Gasteiger partial charge in [-0.2, -0.15) is 5.10 Å². The second-order valence-corrected chi connectivity index (χ2v) is 5.73. The van der Waals surface area contributed by atoms with Crippen LogP contribution < -0.4 is 5.73 Å². The zero-order valence-electron chi connectivity index (χ0n) is 11.2. The SMILES string of the molecule is CCn1nccc1CN1CCC(N)C(C)(C)C1. The van der Waals surface area contributed by atoms with Gasteiger partial charge in [0.25, 0.3) is 0 Å². The van der Waals surface area contributed by atoms with Gasteiger partial charge in [-0.05, 0) is 24.8 Å². The van der Waals surface area contributed by atoms with Crippen molar-refractivity contribution in [3.63, 3.8) is 0 Å². The van der Waals surface area contributed by atoms with Crippen molar-refractivity contribution in [2.75, 3.05) is 13.1 Å². The van der Waals surface area contributed by atoms with Crippen LogP contribution in [0.4, 0.5) is 0 Å². The molecule has 0 spiro atoms. The summed E-state index contributed by atoms with van der Waals surface area (Å²) in [5, 5.41) is 4.32. The fourth-order valence-electron chi connectivity index (χ4n) is 2.63. The summed E-state index contributed by atoms with van der Waals surface area (Å²) in [6.45, 7) is 10.8. The second kappa shape index (κ2) is 4.78. The highest BCUT2D eigenvalue weighted by Crippen LogP contribution is 2.28. The topological polar surface area (TPSA) is 47.1 Å². The molecule has 17 heavy (non-hydrogen) atoms. The molecular formula is C13H24N4. The second-order valence-electron chi connectivity index (χ2n) is 5.73. The van der Waals surface area contributed by atoms with E-state index in [0.29, 0.717) is 6.04 Å².